The highest BCUT2D eigenvalue weighted by Crippen LogP contribution is 2.35. The fraction of sp³-hybridized carbons (Fsp3) is 0.273. The Morgan fingerprint density at radius 1 is 1.54 bits per heavy atom. The fourth-order valence-corrected chi connectivity index (χ4v) is 1.63. The van der Waals surface area contributed by atoms with Gasteiger partial charge in [0, 0.05) is 18.4 Å². The second-order valence-corrected chi connectivity index (χ2v) is 3.33. The van der Waals surface area contributed by atoms with Gasteiger partial charge in [-0.15, -0.1) is 6.58 Å². The van der Waals surface area contributed by atoms with Gasteiger partial charge in [0.1, 0.15) is 5.75 Å². The maximum atomic E-state index is 9.92. The lowest BCUT2D eigenvalue weighted by Crippen LogP contribution is -2.32. The lowest BCUT2D eigenvalue weighted by molar-refractivity contribution is -0.117. The van der Waals surface area contributed by atoms with Crippen molar-refractivity contribution in [2.75, 3.05) is 0 Å². The van der Waals surface area contributed by atoms with E-state index in [-0.39, 0.29) is 0 Å². The van der Waals surface area contributed by atoms with Crippen LogP contribution in [0.3, 0.4) is 0 Å². The number of para-hydroxylation sites is 1. The van der Waals surface area contributed by atoms with E-state index in [1.54, 1.807) is 6.08 Å². The Hall–Kier alpha value is -1.28. The molecule has 68 valence electrons. The Morgan fingerprint density at radius 2 is 2.31 bits per heavy atom. The first kappa shape index (κ1) is 8.32. The number of benzene rings is 1. The minimum Gasteiger partial charge on any atom is -0.462 e. The molecule has 0 saturated carbocycles. The Morgan fingerprint density at radius 3 is 3.00 bits per heavy atom. The van der Waals surface area contributed by atoms with E-state index in [9.17, 15) is 5.11 Å². The third-order valence-electron chi connectivity index (χ3n) is 2.20. The van der Waals surface area contributed by atoms with Crippen molar-refractivity contribution >= 4 is 0 Å². The average molecular weight is 176 g/mol. The van der Waals surface area contributed by atoms with Crippen LogP contribution >= 0.6 is 0 Å². The van der Waals surface area contributed by atoms with Gasteiger partial charge in [0.05, 0.1) is 0 Å². The molecule has 0 radical (unpaired) electrons. The fourth-order valence-electron chi connectivity index (χ4n) is 1.63. The van der Waals surface area contributed by atoms with Gasteiger partial charge >= 0.3 is 0 Å². The molecule has 2 rings (SSSR count). The largest absolute Gasteiger partial charge is 0.462 e. The van der Waals surface area contributed by atoms with E-state index in [1.165, 1.54) is 0 Å². The number of rotatable bonds is 2. The summed E-state index contributed by atoms with van der Waals surface area (Å²) in [7, 11) is 0. The highest BCUT2D eigenvalue weighted by Gasteiger charge is 2.35. The van der Waals surface area contributed by atoms with Crippen LogP contribution in [0.15, 0.2) is 36.9 Å². The second-order valence-electron chi connectivity index (χ2n) is 3.33. The average Bonchev–Trinajstić information content (AvgIpc) is 2.40. The highest BCUT2D eigenvalue weighted by molar-refractivity contribution is 5.38. The van der Waals surface area contributed by atoms with E-state index in [2.05, 4.69) is 6.58 Å². The molecule has 2 heteroatoms. The SMILES string of the molecule is C=CCC1(O)Cc2ccccc2O1. The van der Waals surface area contributed by atoms with Gasteiger partial charge in [-0.25, -0.2) is 0 Å². The lowest BCUT2D eigenvalue weighted by Gasteiger charge is -2.19. The number of hydrogen-bond donors (Lipinski definition) is 1. The molecule has 0 bridgehead atoms. The molecule has 1 aliphatic heterocycles. The van der Waals surface area contributed by atoms with Crippen molar-refractivity contribution < 1.29 is 9.84 Å². The first-order chi connectivity index (χ1) is 6.23. The van der Waals surface area contributed by atoms with Gasteiger partial charge in [0.25, 0.3) is 0 Å². The molecule has 2 nitrogen and oxygen atoms in total. The summed E-state index contributed by atoms with van der Waals surface area (Å²) in [5.74, 6) is -0.280. The van der Waals surface area contributed by atoms with Crippen LogP contribution in [0.4, 0.5) is 0 Å². The molecule has 1 aromatic rings. The number of aliphatic hydroxyl groups is 1. The van der Waals surface area contributed by atoms with Gasteiger partial charge in [-0.1, -0.05) is 24.3 Å². The summed E-state index contributed by atoms with van der Waals surface area (Å²) >= 11 is 0. The van der Waals surface area contributed by atoms with E-state index in [0.29, 0.717) is 12.8 Å². The zero-order valence-corrected chi connectivity index (χ0v) is 7.36. The van der Waals surface area contributed by atoms with Crippen molar-refractivity contribution in [2.24, 2.45) is 0 Å². The summed E-state index contributed by atoms with van der Waals surface area (Å²) in [6.07, 6.45) is 2.68. The third kappa shape index (κ3) is 1.45. The molecule has 1 aliphatic rings. The van der Waals surface area contributed by atoms with Gasteiger partial charge in [-0.3, -0.25) is 0 Å². The van der Waals surface area contributed by atoms with Gasteiger partial charge in [0.2, 0.25) is 5.79 Å². The molecular weight excluding hydrogens is 164 g/mol. The summed E-state index contributed by atoms with van der Waals surface area (Å²) in [5, 5.41) is 9.92. The zero-order chi connectivity index (χ0) is 9.31. The normalized spacial score (nSPS) is 25.0. The minimum absolute atomic E-state index is 0.460. The van der Waals surface area contributed by atoms with E-state index in [1.807, 2.05) is 24.3 Å². The Kier molecular flexibility index (Phi) is 1.85. The molecule has 0 amide bonds. The maximum absolute atomic E-state index is 9.92. The lowest BCUT2D eigenvalue weighted by atomic mass is 10.1. The molecule has 0 saturated heterocycles. The first-order valence-corrected chi connectivity index (χ1v) is 4.34. The Balaban J connectivity index is 2.26. The predicted octanol–water partition coefficient (Wildman–Crippen LogP) is 1.89. The summed E-state index contributed by atoms with van der Waals surface area (Å²) in [6, 6.07) is 7.69. The number of hydrogen-bond acceptors (Lipinski definition) is 2. The van der Waals surface area contributed by atoms with Crippen LogP contribution in [-0.2, 0) is 6.42 Å². The van der Waals surface area contributed by atoms with E-state index in [4.69, 9.17) is 4.74 Å². The molecule has 1 aromatic carbocycles. The predicted molar refractivity (Wildman–Crippen MR) is 50.5 cm³/mol. The number of fused-ring (bicyclic) bond motifs is 1. The van der Waals surface area contributed by atoms with Crippen molar-refractivity contribution in [3.8, 4) is 5.75 Å². The number of ether oxygens (including phenoxy) is 1. The summed E-state index contributed by atoms with van der Waals surface area (Å²) in [6.45, 7) is 3.59. The van der Waals surface area contributed by atoms with Crippen LogP contribution in [0.5, 0.6) is 5.75 Å². The van der Waals surface area contributed by atoms with Crippen LogP contribution in [0.2, 0.25) is 0 Å². The molecule has 0 spiro atoms. The second kappa shape index (κ2) is 2.89. The third-order valence-corrected chi connectivity index (χ3v) is 2.20. The first-order valence-electron chi connectivity index (χ1n) is 4.34. The molecule has 1 unspecified atom stereocenters. The maximum Gasteiger partial charge on any atom is 0.215 e. The minimum atomic E-state index is -1.06. The zero-order valence-electron chi connectivity index (χ0n) is 7.36. The van der Waals surface area contributed by atoms with E-state index >= 15 is 0 Å². The van der Waals surface area contributed by atoms with Crippen LogP contribution < -0.4 is 4.74 Å². The Labute approximate surface area is 77.5 Å². The van der Waals surface area contributed by atoms with E-state index in [0.717, 1.165) is 11.3 Å². The van der Waals surface area contributed by atoms with Crippen LogP contribution in [-0.4, -0.2) is 10.9 Å². The smallest absolute Gasteiger partial charge is 0.215 e. The molecule has 13 heavy (non-hydrogen) atoms. The molecule has 0 aliphatic carbocycles. The van der Waals surface area contributed by atoms with Crippen LogP contribution in [0, 0.1) is 0 Å². The van der Waals surface area contributed by atoms with Crippen LogP contribution in [0.1, 0.15) is 12.0 Å². The quantitative estimate of drug-likeness (QED) is 0.697. The van der Waals surface area contributed by atoms with Gasteiger partial charge in [-0.05, 0) is 6.07 Å². The van der Waals surface area contributed by atoms with Crippen LogP contribution in [0.25, 0.3) is 0 Å². The molecule has 0 aromatic heterocycles. The van der Waals surface area contributed by atoms with Crippen molar-refractivity contribution in [3.63, 3.8) is 0 Å². The van der Waals surface area contributed by atoms with Crippen molar-refractivity contribution in [1.29, 1.82) is 0 Å². The molecular formula is C11H12O2. The molecule has 0 fully saturated rings. The van der Waals surface area contributed by atoms with Crippen molar-refractivity contribution in [1.82, 2.24) is 0 Å². The molecule has 1 heterocycles. The summed E-state index contributed by atoms with van der Waals surface area (Å²) in [4.78, 5) is 0. The topological polar surface area (TPSA) is 29.5 Å². The van der Waals surface area contributed by atoms with Gasteiger partial charge < -0.3 is 9.84 Å². The van der Waals surface area contributed by atoms with Gasteiger partial charge in [-0.2, -0.15) is 0 Å². The Bertz CT molecular complexity index is 306. The summed E-state index contributed by atoms with van der Waals surface area (Å²) < 4.78 is 5.42. The van der Waals surface area contributed by atoms with Crippen molar-refractivity contribution in [3.05, 3.63) is 42.5 Å². The van der Waals surface area contributed by atoms with Gasteiger partial charge in [0.15, 0.2) is 0 Å². The monoisotopic (exact) mass is 176 g/mol. The molecule has 1 atom stereocenters. The summed E-state index contributed by atoms with van der Waals surface area (Å²) in [5.41, 5.74) is 1.06. The van der Waals surface area contributed by atoms with Crippen molar-refractivity contribution in [2.45, 2.75) is 18.6 Å². The highest BCUT2D eigenvalue weighted by atomic mass is 16.6. The standard InChI is InChI=1S/C11H12O2/c1-2-7-11(12)8-9-5-3-4-6-10(9)13-11/h2-6,12H,1,7-8H2. The molecule has 1 N–H and O–H groups in total. The van der Waals surface area contributed by atoms with E-state index < -0.39 is 5.79 Å².